The molecule has 1 heterocycles. The van der Waals surface area contributed by atoms with E-state index in [1.165, 1.54) is 11.9 Å². The monoisotopic (exact) mass is 595 g/mol. The van der Waals surface area contributed by atoms with Crippen molar-refractivity contribution < 1.29 is 22.8 Å². The van der Waals surface area contributed by atoms with Crippen LogP contribution in [-0.4, -0.2) is 74.8 Å². The summed E-state index contributed by atoms with van der Waals surface area (Å²) in [6, 6.07) is 15.9. The highest BCUT2D eigenvalue weighted by Crippen LogP contribution is 2.51. The number of benzene rings is 2. The first-order valence-electron chi connectivity index (χ1n) is 14.0. The number of fused-ring (bicyclic) bond motifs is 3. The van der Waals surface area contributed by atoms with Crippen LogP contribution in [0.4, 0.5) is 13.2 Å². The molecule has 2 aliphatic rings. The molecule has 0 saturated carbocycles. The van der Waals surface area contributed by atoms with Crippen molar-refractivity contribution in [1.29, 1.82) is 0 Å². The maximum atomic E-state index is 13.6. The van der Waals surface area contributed by atoms with Crippen LogP contribution in [0.5, 0.6) is 0 Å². The smallest absolute Gasteiger partial charge is 0.236 e. The standard InChI is InChI=1S/C28H37FN4O2.CH2F2.CH5NS/c1-20(30)26(34)32-21-12-18-33(19-13-21)17-7-6-14-28(27(35)31-16-15-29)24-10-4-2-8-22(24)23-9-3-5-11-25(23)28;2-1-3;1-3-2/h2-5,8-11,20-21H,6-7,12-19,30H2,1H3,(H,31,35)(H,32,34);1H2;2H2,1H3. The number of hydrogen-bond acceptors (Lipinski definition) is 6. The van der Waals surface area contributed by atoms with E-state index in [9.17, 15) is 22.8 Å². The van der Waals surface area contributed by atoms with Crippen LogP contribution in [-0.2, 0) is 15.0 Å². The van der Waals surface area contributed by atoms with Gasteiger partial charge >= 0.3 is 0 Å². The van der Waals surface area contributed by atoms with E-state index >= 15 is 0 Å². The van der Waals surface area contributed by atoms with Crippen molar-refractivity contribution in [3.8, 4) is 11.1 Å². The van der Waals surface area contributed by atoms with Crippen LogP contribution in [0.3, 0.4) is 0 Å². The van der Waals surface area contributed by atoms with Crippen molar-refractivity contribution in [3.05, 3.63) is 59.7 Å². The Labute approximate surface area is 246 Å². The topological polar surface area (TPSA) is 113 Å². The normalized spacial score (nSPS) is 16.2. The third-order valence-electron chi connectivity index (χ3n) is 7.46. The number of halogens is 3. The minimum Gasteiger partial charge on any atom is -0.352 e. The summed E-state index contributed by atoms with van der Waals surface area (Å²) in [4.78, 5) is 27.9. The number of rotatable bonds is 10. The van der Waals surface area contributed by atoms with Gasteiger partial charge in [-0.15, -0.1) is 0 Å². The van der Waals surface area contributed by atoms with Gasteiger partial charge in [0.2, 0.25) is 18.7 Å². The molecule has 1 unspecified atom stereocenters. The van der Waals surface area contributed by atoms with Crippen LogP contribution < -0.4 is 21.5 Å². The third-order valence-corrected chi connectivity index (χ3v) is 7.46. The van der Waals surface area contributed by atoms with Gasteiger partial charge in [-0.1, -0.05) is 66.9 Å². The number of piperidine rings is 1. The van der Waals surface area contributed by atoms with Crippen LogP contribution in [0.15, 0.2) is 48.5 Å². The molecule has 2 aromatic carbocycles. The summed E-state index contributed by atoms with van der Waals surface area (Å²) >= 11 is 1.25. The molecule has 2 aromatic rings. The molecule has 11 heteroatoms. The summed E-state index contributed by atoms with van der Waals surface area (Å²) in [5.74, 6) is -0.199. The number of amides is 2. The summed E-state index contributed by atoms with van der Waals surface area (Å²) < 4.78 is 32.2. The Bertz CT molecular complexity index is 1040. The van der Waals surface area contributed by atoms with Crippen LogP contribution in [0.25, 0.3) is 11.1 Å². The molecule has 7 nitrogen and oxygen atoms in total. The quantitative estimate of drug-likeness (QED) is 0.241. The zero-order valence-corrected chi connectivity index (χ0v) is 24.8. The molecule has 0 aromatic heterocycles. The lowest BCUT2D eigenvalue weighted by Gasteiger charge is -2.33. The first-order chi connectivity index (χ1) is 19.8. The second-order valence-electron chi connectivity index (χ2n) is 10.1. The Morgan fingerprint density at radius 1 is 1.02 bits per heavy atom. The Kier molecular flexibility index (Phi) is 15.2. The van der Waals surface area contributed by atoms with Crippen molar-refractivity contribution in [3.63, 3.8) is 0 Å². The van der Waals surface area contributed by atoms with Gasteiger partial charge in [0.25, 0.3) is 0 Å². The lowest BCUT2D eigenvalue weighted by molar-refractivity contribution is -0.125. The Morgan fingerprint density at radius 2 is 1.54 bits per heavy atom. The number of likely N-dealkylation sites (tertiary alicyclic amines) is 1. The molecule has 41 heavy (non-hydrogen) atoms. The average molecular weight is 596 g/mol. The highest BCUT2D eigenvalue weighted by atomic mass is 32.2. The number of unbranched alkanes of at least 4 members (excludes halogenated alkanes) is 1. The van der Waals surface area contributed by atoms with Gasteiger partial charge < -0.3 is 21.3 Å². The van der Waals surface area contributed by atoms with Gasteiger partial charge in [0.1, 0.15) is 12.1 Å². The van der Waals surface area contributed by atoms with Gasteiger partial charge in [-0.3, -0.25) is 14.7 Å². The second-order valence-corrected chi connectivity index (χ2v) is 10.6. The Balaban J connectivity index is 0.000000901. The van der Waals surface area contributed by atoms with Gasteiger partial charge in [-0.25, -0.2) is 13.2 Å². The molecule has 1 aliphatic carbocycles. The Morgan fingerprint density at radius 3 is 2.02 bits per heavy atom. The lowest BCUT2D eigenvalue weighted by atomic mass is 9.73. The second kappa shape index (κ2) is 18.0. The molecular formula is C30H44F3N5O2S. The summed E-state index contributed by atoms with van der Waals surface area (Å²) in [6.07, 6.45) is 6.20. The number of hydrogen-bond donors (Lipinski definition) is 4. The molecule has 1 fully saturated rings. The van der Waals surface area contributed by atoms with Crippen LogP contribution in [0, 0.1) is 0 Å². The predicted octanol–water partition coefficient (Wildman–Crippen LogP) is 4.24. The molecule has 6 N–H and O–H groups in total. The minimum absolute atomic E-state index is 0.0271. The molecule has 0 spiro atoms. The van der Waals surface area contributed by atoms with E-state index in [0.29, 0.717) is 6.42 Å². The van der Waals surface area contributed by atoms with Crippen molar-refractivity contribution in [2.24, 2.45) is 10.9 Å². The number of nitrogens with two attached hydrogens (primary N) is 2. The molecule has 0 radical (unpaired) electrons. The number of nitrogens with one attached hydrogen (secondary N) is 2. The fourth-order valence-electron chi connectivity index (χ4n) is 5.62. The molecule has 4 rings (SSSR count). The molecule has 0 bridgehead atoms. The third kappa shape index (κ3) is 9.19. The van der Waals surface area contributed by atoms with E-state index in [1.807, 2.05) is 42.7 Å². The Hall–Kier alpha value is -2.60. The maximum absolute atomic E-state index is 13.6. The van der Waals surface area contributed by atoms with E-state index in [4.69, 9.17) is 10.9 Å². The van der Waals surface area contributed by atoms with Gasteiger partial charge in [-0.2, -0.15) is 0 Å². The average Bonchev–Trinajstić information content (AvgIpc) is 3.26. The van der Waals surface area contributed by atoms with E-state index in [-0.39, 0.29) is 24.4 Å². The van der Waals surface area contributed by atoms with Crippen molar-refractivity contribution >= 4 is 23.8 Å². The van der Waals surface area contributed by atoms with Crippen molar-refractivity contribution in [2.45, 2.75) is 56.5 Å². The summed E-state index contributed by atoms with van der Waals surface area (Å²) in [7, 11) is 0. The maximum Gasteiger partial charge on any atom is 0.236 e. The zero-order valence-electron chi connectivity index (χ0n) is 24.0. The molecular weight excluding hydrogens is 551 g/mol. The van der Waals surface area contributed by atoms with Crippen LogP contribution in [0.2, 0.25) is 0 Å². The molecule has 1 atom stereocenters. The van der Waals surface area contributed by atoms with Crippen LogP contribution >= 0.6 is 11.9 Å². The number of alkyl halides is 3. The highest BCUT2D eigenvalue weighted by molar-refractivity contribution is 7.96. The fraction of sp³-hybridized carbons (Fsp3) is 0.533. The van der Waals surface area contributed by atoms with E-state index in [2.05, 4.69) is 27.7 Å². The van der Waals surface area contributed by atoms with Gasteiger partial charge in [-0.05, 0) is 67.7 Å². The minimum atomic E-state index is -1.75. The fourth-order valence-corrected chi connectivity index (χ4v) is 5.62. The SMILES string of the molecule is CC(N)C(=O)NC1CCN(CCCCC2(C(=O)NCCF)c3ccccc3-c3ccccc32)CC1.CSN.FCF. The summed E-state index contributed by atoms with van der Waals surface area (Å²) in [5, 5.41) is 10.6. The summed E-state index contributed by atoms with van der Waals surface area (Å²) in [5.41, 5.74) is 9.09. The zero-order chi connectivity index (χ0) is 30.3. The van der Waals surface area contributed by atoms with E-state index in [1.54, 1.807) is 6.92 Å². The molecule has 2 amide bonds. The lowest BCUT2D eigenvalue weighted by Crippen LogP contribution is -2.49. The van der Waals surface area contributed by atoms with E-state index in [0.717, 1.165) is 67.6 Å². The van der Waals surface area contributed by atoms with Crippen LogP contribution in [0.1, 0.15) is 50.2 Å². The first kappa shape index (κ1) is 34.6. The summed E-state index contributed by atoms with van der Waals surface area (Å²) in [6.45, 7) is 2.25. The first-order valence-corrected chi connectivity index (χ1v) is 15.3. The van der Waals surface area contributed by atoms with Gasteiger partial charge in [0, 0.05) is 25.7 Å². The van der Waals surface area contributed by atoms with Crippen molar-refractivity contribution in [1.82, 2.24) is 15.5 Å². The molecule has 1 saturated heterocycles. The predicted molar refractivity (Wildman–Crippen MR) is 162 cm³/mol. The van der Waals surface area contributed by atoms with E-state index < -0.39 is 25.1 Å². The largest absolute Gasteiger partial charge is 0.352 e. The number of carbonyl (C=O) groups excluding carboxylic acids is 2. The molecule has 228 valence electrons. The number of nitrogens with zero attached hydrogens (tertiary/aromatic N) is 1. The molecule has 1 aliphatic heterocycles. The van der Waals surface area contributed by atoms with Gasteiger partial charge in [0.15, 0.2) is 0 Å². The van der Waals surface area contributed by atoms with Gasteiger partial charge in [0.05, 0.1) is 6.04 Å². The highest BCUT2D eigenvalue weighted by Gasteiger charge is 2.48. The van der Waals surface area contributed by atoms with Crippen molar-refractivity contribution in [2.75, 3.05) is 46.0 Å². The number of carbonyl (C=O) groups is 2.